The number of benzene rings is 2. The van der Waals surface area contributed by atoms with Gasteiger partial charge in [0.1, 0.15) is 18.2 Å². The fourth-order valence-corrected chi connectivity index (χ4v) is 3.61. The maximum Gasteiger partial charge on any atom is 0.123 e. The molecule has 0 bridgehead atoms. The molecule has 2 aromatic carbocycles. The monoisotopic (exact) mass is 355 g/mol. The van der Waals surface area contributed by atoms with Crippen molar-refractivity contribution >= 4 is 11.3 Å². The van der Waals surface area contributed by atoms with E-state index < -0.39 is 0 Å². The van der Waals surface area contributed by atoms with E-state index in [-0.39, 0.29) is 11.7 Å². The second-order valence-corrected chi connectivity index (χ2v) is 7.20. The van der Waals surface area contributed by atoms with Crippen molar-refractivity contribution in [3.8, 4) is 5.75 Å². The lowest BCUT2D eigenvalue weighted by Crippen LogP contribution is -2.19. The van der Waals surface area contributed by atoms with Gasteiger partial charge in [-0.25, -0.2) is 4.39 Å². The third-order valence-corrected chi connectivity index (χ3v) is 4.99. The summed E-state index contributed by atoms with van der Waals surface area (Å²) in [6.07, 6.45) is 0. The van der Waals surface area contributed by atoms with Crippen molar-refractivity contribution in [3.05, 3.63) is 87.9 Å². The molecule has 4 heteroatoms. The average molecular weight is 355 g/mol. The predicted molar refractivity (Wildman–Crippen MR) is 102 cm³/mol. The standard InChI is InChI=1S/C21H22FNOS/c1-23(2)13-14-24-19-11-7-17(8-12-19)21(20-4-3-15-25-20)16-5-9-18(22)10-6-16/h3-12,15,21H,13-14H2,1-2H3. The lowest BCUT2D eigenvalue weighted by atomic mass is 9.90. The van der Waals surface area contributed by atoms with Crippen LogP contribution in [0.3, 0.4) is 0 Å². The second kappa shape index (κ2) is 8.28. The number of thiophene rings is 1. The van der Waals surface area contributed by atoms with Gasteiger partial charge in [0, 0.05) is 17.3 Å². The normalized spacial score (nSPS) is 12.3. The number of hydrogen-bond donors (Lipinski definition) is 0. The van der Waals surface area contributed by atoms with Crippen LogP contribution < -0.4 is 4.74 Å². The number of nitrogens with zero attached hydrogens (tertiary/aromatic N) is 1. The highest BCUT2D eigenvalue weighted by molar-refractivity contribution is 7.10. The Morgan fingerprint density at radius 2 is 1.60 bits per heavy atom. The van der Waals surface area contributed by atoms with Crippen LogP contribution in [0.5, 0.6) is 5.75 Å². The highest BCUT2D eigenvalue weighted by atomic mass is 32.1. The minimum atomic E-state index is -0.210. The van der Waals surface area contributed by atoms with E-state index in [2.05, 4.69) is 34.5 Å². The largest absolute Gasteiger partial charge is 0.492 e. The average Bonchev–Trinajstić information content (AvgIpc) is 3.12. The molecule has 0 saturated carbocycles. The van der Waals surface area contributed by atoms with Crippen LogP contribution in [-0.2, 0) is 0 Å². The zero-order valence-corrected chi connectivity index (χ0v) is 15.3. The first kappa shape index (κ1) is 17.6. The minimum absolute atomic E-state index is 0.108. The number of ether oxygens (including phenoxy) is 1. The molecule has 0 fully saturated rings. The molecule has 1 atom stereocenters. The second-order valence-electron chi connectivity index (χ2n) is 6.22. The fourth-order valence-electron chi connectivity index (χ4n) is 2.73. The van der Waals surface area contributed by atoms with E-state index in [1.54, 1.807) is 11.3 Å². The van der Waals surface area contributed by atoms with Gasteiger partial charge in [0.05, 0.1) is 0 Å². The number of likely N-dealkylation sites (N-methyl/N-ethyl adjacent to an activating group) is 1. The lowest BCUT2D eigenvalue weighted by Gasteiger charge is -2.18. The molecule has 0 amide bonds. The molecule has 3 aromatic rings. The molecular weight excluding hydrogens is 333 g/mol. The third-order valence-electron chi connectivity index (χ3n) is 4.05. The van der Waals surface area contributed by atoms with Crippen LogP contribution in [0.1, 0.15) is 21.9 Å². The van der Waals surface area contributed by atoms with Crippen LogP contribution in [0.4, 0.5) is 4.39 Å². The van der Waals surface area contributed by atoms with Gasteiger partial charge in [-0.05, 0) is 60.9 Å². The van der Waals surface area contributed by atoms with Crippen molar-refractivity contribution in [2.75, 3.05) is 27.2 Å². The summed E-state index contributed by atoms with van der Waals surface area (Å²) in [5.41, 5.74) is 2.26. The van der Waals surface area contributed by atoms with Gasteiger partial charge in [0.2, 0.25) is 0 Å². The first-order chi connectivity index (χ1) is 12.1. The lowest BCUT2D eigenvalue weighted by molar-refractivity contribution is 0.261. The summed E-state index contributed by atoms with van der Waals surface area (Å²) >= 11 is 1.72. The number of hydrogen-bond acceptors (Lipinski definition) is 3. The smallest absolute Gasteiger partial charge is 0.123 e. The third kappa shape index (κ3) is 4.68. The molecular formula is C21H22FNOS. The summed E-state index contributed by atoms with van der Waals surface area (Å²) in [7, 11) is 4.06. The van der Waals surface area contributed by atoms with Crippen LogP contribution in [0.2, 0.25) is 0 Å². The Morgan fingerprint density at radius 3 is 2.16 bits per heavy atom. The summed E-state index contributed by atoms with van der Waals surface area (Å²) in [4.78, 5) is 3.34. The van der Waals surface area contributed by atoms with E-state index in [4.69, 9.17) is 4.74 Å². The van der Waals surface area contributed by atoms with Crippen LogP contribution in [0, 0.1) is 5.82 Å². The Bertz CT molecular complexity index is 767. The maximum absolute atomic E-state index is 13.3. The van der Waals surface area contributed by atoms with Crippen LogP contribution in [0.15, 0.2) is 66.0 Å². The molecule has 1 aromatic heterocycles. The summed E-state index contributed by atoms with van der Waals surface area (Å²) < 4.78 is 19.1. The van der Waals surface area contributed by atoms with Gasteiger partial charge >= 0.3 is 0 Å². The first-order valence-corrected chi connectivity index (χ1v) is 9.18. The molecule has 0 spiro atoms. The molecule has 0 radical (unpaired) electrons. The summed E-state index contributed by atoms with van der Waals surface area (Å²) in [6, 6.07) is 19.2. The minimum Gasteiger partial charge on any atom is -0.492 e. The first-order valence-electron chi connectivity index (χ1n) is 8.30. The Morgan fingerprint density at radius 1 is 0.960 bits per heavy atom. The van der Waals surface area contributed by atoms with Gasteiger partial charge in [-0.3, -0.25) is 0 Å². The molecule has 3 rings (SSSR count). The summed E-state index contributed by atoms with van der Waals surface area (Å²) in [5.74, 6) is 0.768. The highest BCUT2D eigenvalue weighted by Gasteiger charge is 2.18. The summed E-state index contributed by atoms with van der Waals surface area (Å²) in [5, 5.41) is 2.07. The maximum atomic E-state index is 13.3. The van der Waals surface area contributed by atoms with Crippen molar-refractivity contribution in [1.82, 2.24) is 4.90 Å². The molecule has 0 saturated heterocycles. The number of rotatable bonds is 7. The zero-order valence-electron chi connectivity index (χ0n) is 14.5. The van der Waals surface area contributed by atoms with Gasteiger partial charge in [0.15, 0.2) is 0 Å². The number of halogens is 1. The molecule has 0 aliphatic heterocycles. The SMILES string of the molecule is CN(C)CCOc1ccc(C(c2ccc(F)cc2)c2cccs2)cc1. The fraction of sp³-hybridized carbons (Fsp3) is 0.238. The van der Waals surface area contributed by atoms with Gasteiger partial charge in [-0.1, -0.05) is 30.3 Å². The highest BCUT2D eigenvalue weighted by Crippen LogP contribution is 2.35. The topological polar surface area (TPSA) is 12.5 Å². The molecule has 2 nitrogen and oxygen atoms in total. The van der Waals surface area contributed by atoms with Crippen molar-refractivity contribution in [3.63, 3.8) is 0 Å². The van der Waals surface area contributed by atoms with Crippen molar-refractivity contribution in [2.45, 2.75) is 5.92 Å². The predicted octanol–water partition coefficient (Wildman–Crippen LogP) is 5.01. The van der Waals surface area contributed by atoms with Gasteiger partial charge < -0.3 is 9.64 Å². The Balaban J connectivity index is 1.83. The Kier molecular flexibility index (Phi) is 5.84. The van der Waals surface area contributed by atoms with E-state index >= 15 is 0 Å². The molecule has 0 N–H and O–H groups in total. The van der Waals surface area contributed by atoms with E-state index in [0.29, 0.717) is 6.61 Å². The van der Waals surface area contributed by atoms with Crippen molar-refractivity contribution < 1.29 is 9.13 Å². The van der Waals surface area contributed by atoms with Gasteiger partial charge in [-0.2, -0.15) is 0 Å². The van der Waals surface area contributed by atoms with E-state index in [1.165, 1.54) is 22.6 Å². The van der Waals surface area contributed by atoms with E-state index in [1.807, 2.05) is 38.4 Å². The molecule has 0 aliphatic rings. The van der Waals surface area contributed by atoms with Gasteiger partial charge in [0.25, 0.3) is 0 Å². The van der Waals surface area contributed by atoms with Crippen molar-refractivity contribution in [2.24, 2.45) is 0 Å². The van der Waals surface area contributed by atoms with Gasteiger partial charge in [-0.15, -0.1) is 11.3 Å². The summed E-state index contributed by atoms with van der Waals surface area (Å²) in [6.45, 7) is 1.55. The van der Waals surface area contributed by atoms with E-state index in [9.17, 15) is 4.39 Å². The van der Waals surface area contributed by atoms with E-state index in [0.717, 1.165) is 17.9 Å². The van der Waals surface area contributed by atoms with Crippen LogP contribution in [-0.4, -0.2) is 32.1 Å². The molecule has 25 heavy (non-hydrogen) atoms. The Labute approximate surface area is 152 Å². The molecule has 1 unspecified atom stereocenters. The zero-order chi connectivity index (χ0) is 17.6. The van der Waals surface area contributed by atoms with Crippen LogP contribution >= 0.6 is 11.3 Å². The molecule has 130 valence electrons. The van der Waals surface area contributed by atoms with Crippen molar-refractivity contribution in [1.29, 1.82) is 0 Å². The molecule has 0 aliphatic carbocycles. The van der Waals surface area contributed by atoms with Crippen LogP contribution in [0.25, 0.3) is 0 Å². The molecule has 1 heterocycles. The quantitative estimate of drug-likeness (QED) is 0.591. The Hall–Kier alpha value is -2.17.